The monoisotopic (exact) mass is 281 g/mol. The van der Waals surface area contributed by atoms with Gasteiger partial charge in [-0.15, -0.1) is 0 Å². The van der Waals surface area contributed by atoms with E-state index < -0.39 is 11.5 Å². The van der Waals surface area contributed by atoms with Crippen LogP contribution in [0.1, 0.15) is 12.5 Å². The quantitative estimate of drug-likeness (QED) is 0.773. The number of hydrogen-bond acceptors (Lipinski definition) is 4. The van der Waals surface area contributed by atoms with Crippen molar-refractivity contribution in [3.05, 3.63) is 29.8 Å². The van der Waals surface area contributed by atoms with Gasteiger partial charge in [0.15, 0.2) is 5.54 Å². The van der Waals surface area contributed by atoms with Crippen LogP contribution in [-0.2, 0) is 20.7 Å². The molecule has 0 aromatic heterocycles. The Morgan fingerprint density at radius 1 is 1.25 bits per heavy atom. The standard InChI is InChI=1S/C14H19NO5/c1-14(9-19-2,13(17)18)15-12(16)8-10-4-6-11(20-3)7-5-10/h4-7H,8-9H2,1-3H3,(H,15,16)(H,17,18). The Morgan fingerprint density at radius 2 is 1.85 bits per heavy atom. The number of carbonyl (C=O) groups is 2. The van der Waals surface area contributed by atoms with Gasteiger partial charge < -0.3 is 19.9 Å². The fourth-order valence-corrected chi connectivity index (χ4v) is 1.72. The maximum atomic E-state index is 11.9. The lowest BCUT2D eigenvalue weighted by Gasteiger charge is -2.25. The van der Waals surface area contributed by atoms with E-state index in [1.165, 1.54) is 14.0 Å². The molecule has 0 aliphatic carbocycles. The molecule has 0 saturated carbocycles. The van der Waals surface area contributed by atoms with Crippen LogP contribution in [0, 0.1) is 0 Å². The van der Waals surface area contributed by atoms with Gasteiger partial charge >= 0.3 is 5.97 Å². The van der Waals surface area contributed by atoms with E-state index >= 15 is 0 Å². The molecule has 110 valence electrons. The van der Waals surface area contributed by atoms with E-state index in [1.54, 1.807) is 31.4 Å². The Hall–Kier alpha value is -2.08. The molecule has 0 aliphatic rings. The molecular formula is C14H19NO5. The van der Waals surface area contributed by atoms with E-state index in [2.05, 4.69) is 5.32 Å². The Morgan fingerprint density at radius 3 is 2.30 bits per heavy atom. The number of methoxy groups -OCH3 is 2. The zero-order chi connectivity index (χ0) is 15.2. The van der Waals surface area contributed by atoms with Gasteiger partial charge in [0.2, 0.25) is 5.91 Å². The predicted octanol–water partition coefficient (Wildman–Crippen LogP) is 0.844. The first kappa shape index (κ1) is 16.0. The lowest BCUT2D eigenvalue weighted by Crippen LogP contribution is -2.55. The van der Waals surface area contributed by atoms with Crippen molar-refractivity contribution in [1.29, 1.82) is 0 Å². The van der Waals surface area contributed by atoms with Crippen LogP contribution in [0.3, 0.4) is 0 Å². The summed E-state index contributed by atoms with van der Waals surface area (Å²) in [4.78, 5) is 23.1. The van der Waals surface area contributed by atoms with Gasteiger partial charge in [-0.1, -0.05) is 12.1 Å². The Kier molecular flexibility index (Phi) is 5.52. The molecule has 2 N–H and O–H groups in total. The van der Waals surface area contributed by atoms with Crippen LogP contribution in [0.4, 0.5) is 0 Å². The first-order valence-corrected chi connectivity index (χ1v) is 6.07. The highest BCUT2D eigenvalue weighted by Gasteiger charge is 2.34. The van der Waals surface area contributed by atoms with Crippen LogP contribution in [0.25, 0.3) is 0 Å². The molecule has 0 aliphatic heterocycles. The second kappa shape index (κ2) is 6.91. The second-order valence-corrected chi connectivity index (χ2v) is 4.64. The average molecular weight is 281 g/mol. The maximum absolute atomic E-state index is 11.9. The Bertz CT molecular complexity index is 471. The molecule has 1 rings (SSSR count). The minimum absolute atomic E-state index is 0.0938. The summed E-state index contributed by atoms with van der Waals surface area (Å²) in [5.41, 5.74) is -0.661. The van der Waals surface area contributed by atoms with Gasteiger partial charge in [-0.25, -0.2) is 4.79 Å². The molecule has 1 unspecified atom stereocenters. The molecule has 0 radical (unpaired) electrons. The number of ether oxygens (including phenoxy) is 2. The molecule has 6 heteroatoms. The van der Waals surface area contributed by atoms with Crippen LogP contribution in [-0.4, -0.2) is 43.3 Å². The van der Waals surface area contributed by atoms with Crippen LogP contribution >= 0.6 is 0 Å². The van der Waals surface area contributed by atoms with Gasteiger partial charge in [0, 0.05) is 7.11 Å². The zero-order valence-corrected chi connectivity index (χ0v) is 11.8. The van der Waals surface area contributed by atoms with Gasteiger partial charge in [0.05, 0.1) is 20.1 Å². The number of hydrogen-bond donors (Lipinski definition) is 2. The van der Waals surface area contributed by atoms with Crippen LogP contribution in [0.2, 0.25) is 0 Å². The summed E-state index contributed by atoms with van der Waals surface area (Å²) >= 11 is 0. The van der Waals surface area contributed by atoms with E-state index in [9.17, 15) is 9.59 Å². The Labute approximate surface area is 117 Å². The van der Waals surface area contributed by atoms with Crippen LogP contribution in [0.5, 0.6) is 5.75 Å². The molecule has 0 saturated heterocycles. The summed E-state index contributed by atoms with van der Waals surface area (Å²) in [5.74, 6) is -0.816. The number of nitrogens with one attached hydrogen (secondary N) is 1. The smallest absolute Gasteiger partial charge is 0.331 e. The summed E-state index contributed by atoms with van der Waals surface area (Å²) in [6, 6.07) is 7.00. The fraction of sp³-hybridized carbons (Fsp3) is 0.429. The molecule has 20 heavy (non-hydrogen) atoms. The first-order chi connectivity index (χ1) is 9.41. The first-order valence-electron chi connectivity index (χ1n) is 6.07. The highest BCUT2D eigenvalue weighted by Crippen LogP contribution is 2.12. The molecule has 1 amide bonds. The van der Waals surface area contributed by atoms with Gasteiger partial charge in [0.25, 0.3) is 0 Å². The van der Waals surface area contributed by atoms with Crippen molar-refractivity contribution < 1.29 is 24.2 Å². The van der Waals surface area contributed by atoms with E-state index in [-0.39, 0.29) is 18.9 Å². The molecule has 1 aromatic rings. The number of carboxylic acids is 1. The molecule has 1 atom stereocenters. The number of carbonyl (C=O) groups excluding carboxylic acids is 1. The highest BCUT2D eigenvalue weighted by molar-refractivity contribution is 5.87. The van der Waals surface area contributed by atoms with Crippen molar-refractivity contribution in [2.45, 2.75) is 18.9 Å². The zero-order valence-electron chi connectivity index (χ0n) is 11.8. The van der Waals surface area contributed by atoms with Crippen molar-refractivity contribution in [3.63, 3.8) is 0 Å². The van der Waals surface area contributed by atoms with Crippen molar-refractivity contribution in [3.8, 4) is 5.75 Å². The summed E-state index contributed by atoms with van der Waals surface area (Å²) in [7, 11) is 2.95. The van der Waals surface area contributed by atoms with Gasteiger partial charge in [-0.2, -0.15) is 0 Å². The van der Waals surface area contributed by atoms with Crippen LogP contribution in [0.15, 0.2) is 24.3 Å². The Balaban J connectivity index is 2.67. The molecule has 0 fully saturated rings. The molecule has 0 bridgehead atoms. The number of carboxylic acid groups (broad SMARTS) is 1. The van der Waals surface area contributed by atoms with Crippen molar-refractivity contribution in [1.82, 2.24) is 5.32 Å². The number of rotatable bonds is 7. The molecule has 6 nitrogen and oxygen atoms in total. The molecule has 0 heterocycles. The maximum Gasteiger partial charge on any atom is 0.331 e. The van der Waals surface area contributed by atoms with Crippen molar-refractivity contribution in [2.24, 2.45) is 0 Å². The molecule has 1 aromatic carbocycles. The minimum Gasteiger partial charge on any atom is -0.497 e. The normalized spacial score (nSPS) is 13.3. The number of amides is 1. The van der Waals surface area contributed by atoms with Crippen molar-refractivity contribution >= 4 is 11.9 Å². The largest absolute Gasteiger partial charge is 0.497 e. The van der Waals surface area contributed by atoms with Gasteiger partial charge in [0.1, 0.15) is 5.75 Å². The highest BCUT2D eigenvalue weighted by atomic mass is 16.5. The molecular weight excluding hydrogens is 262 g/mol. The lowest BCUT2D eigenvalue weighted by atomic mass is 10.0. The summed E-state index contributed by atoms with van der Waals surface area (Å²) in [6.07, 6.45) is 0.0938. The van der Waals surface area contributed by atoms with E-state index in [1.807, 2.05) is 0 Å². The van der Waals surface area contributed by atoms with E-state index in [0.717, 1.165) is 5.56 Å². The minimum atomic E-state index is -1.43. The van der Waals surface area contributed by atoms with Crippen LogP contribution < -0.4 is 10.1 Å². The van der Waals surface area contributed by atoms with Gasteiger partial charge in [-0.05, 0) is 24.6 Å². The SMILES string of the molecule is COCC(C)(NC(=O)Cc1ccc(OC)cc1)C(=O)O. The topological polar surface area (TPSA) is 84.9 Å². The van der Waals surface area contributed by atoms with Gasteiger partial charge in [-0.3, -0.25) is 4.79 Å². The fourth-order valence-electron chi connectivity index (χ4n) is 1.72. The summed E-state index contributed by atoms with van der Waals surface area (Å²) in [6.45, 7) is 1.31. The van der Waals surface area contributed by atoms with E-state index in [0.29, 0.717) is 5.75 Å². The van der Waals surface area contributed by atoms with E-state index in [4.69, 9.17) is 14.6 Å². The lowest BCUT2D eigenvalue weighted by molar-refractivity contribution is -0.149. The number of benzene rings is 1. The third-order valence-corrected chi connectivity index (χ3v) is 2.84. The third-order valence-electron chi connectivity index (χ3n) is 2.84. The summed E-state index contributed by atoms with van der Waals surface area (Å²) < 4.78 is 9.86. The third kappa shape index (κ3) is 4.24. The second-order valence-electron chi connectivity index (χ2n) is 4.64. The average Bonchev–Trinajstić information content (AvgIpc) is 2.39. The predicted molar refractivity (Wildman–Crippen MR) is 72.8 cm³/mol. The number of aliphatic carboxylic acids is 1. The van der Waals surface area contributed by atoms with Crippen molar-refractivity contribution in [2.75, 3.05) is 20.8 Å². The molecule has 0 spiro atoms. The summed E-state index contributed by atoms with van der Waals surface area (Å²) in [5, 5.41) is 11.6.